The van der Waals surface area contributed by atoms with E-state index in [9.17, 15) is 18.0 Å². The second-order valence-electron chi connectivity index (χ2n) is 3.82. The zero-order chi connectivity index (χ0) is 14.2. The summed E-state index contributed by atoms with van der Waals surface area (Å²) in [6.07, 6.45) is 0. The van der Waals surface area contributed by atoms with Gasteiger partial charge in [-0.1, -0.05) is 0 Å². The summed E-state index contributed by atoms with van der Waals surface area (Å²) in [5.41, 5.74) is 5.86. The Labute approximate surface area is 115 Å². The molecule has 0 saturated heterocycles. The maximum Gasteiger partial charge on any atom is 0.194 e. The van der Waals surface area contributed by atoms with E-state index >= 15 is 0 Å². The van der Waals surface area contributed by atoms with Gasteiger partial charge in [-0.3, -0.25) is 4.79 Å². The van der Waals surface area contributed by atoms with Gasteiger partial charge in [0.2, 0.25) is 0 Å². The second-order valence-corrected chi connectivity index (χ2v) is 4.68. The predicted octanol–water partition coefficient (Wildman–Crippen LogP) is 3.68. The van der Waals surface area contributed by atoms with Crippen LogP contribution in [0.1, 0.15) is 15.9 Å². The molecule has 0 amide bonds. The van der Waals surface area contributed by atoms with E-state index in [2.05, 4.69) is 15.9 Å². The first kappa shape index (κ1) is 13.6. The molecule has 0 unspecified atom stereocenters. The average molecular weight is 330 g/mol. The molecule has 0 aliphatic heterocycles. The minimum absolute atomic E-state index is 0.180. The van der Waals surface area contributed by atoms with Crippen molar-refractivity contribution in [1.29, 1.82) is 0 Å². The SMILES string of the molecule is Nc1ccc(C(=O)c2cc(F)c(F)c(F)c2)c(Br)c1. The second kappa shape index (κ2) is 5.05. The summed E-state index contributed by atoms with van der Waals surface area (Å²) < 4.78 is 39.4. The zero-order valence-electron chi connectivity index (χ0n) is 9.38. The lowest BCUT2D eigenvalue weighted by Crippen LogP contribution is -2.05. The van der Waals surface area contributed by atoms with Crippen LogP contribution in [0.3, 0.4) is 0 Å². The molecular weight excluding hydrogens is 323 g/mol. The maximum atomic E-state index is 13.1. The average Bonchev–Trinajstić information content (AvgIpc) is 2.34. The number of nitrogen functional groups attached to an aromatic ring is 1. The number of benzene rings is 2. The minimum atomic E-state index is -1.60. The van der Waals surface area contributed by atoms with Gasteiger partial charge in [0.15, 0.2) is 23.2 Å². The highest BCUT2D eigenvalue weighted by molar-refractivity contribution is 9.10. The standard InChI is InChI=1S/C13H7BrF3NO/c14-9-5-7(18)1-2-8(9)13(19)6-3-10(15)12(17)11(16)4-6/h1-5H,18H2. The quantitative estimate of drug-likeness (QED) is 0.519. The number of hydrogen-bond donors (Lipinski definition) is 1. The molecule has 0 radical (unpaired) electrons. The summed E-state index contributed by atoms with van der Waals surface area (Å²) in [5.74, 6) is -5.05. The van der Waals surface area contributed by atoms with Crippen molar-refractivity contribution in [3.05, 3.63) is 63.4 Å². The highest BCUT2D eigenvalue weighted by atomic mass is 79.9. The fraction of sp³-hybridized carbons (Fsp3) is 0. The van der Waals surface area contributed by atoms with E-state index in [-0.39, 0.29) is 11.1 Å². The van der Waals surface area contributed by atoms with E-state index in [0.717, 1.165) is 0 Å². The van der Waals surface area contributed by atoms with Crippen LogP contribution in [0.15, 0.2) is 34.8 Å². The summed E-state index contributed by atoms with van der Waals surface area (Å²) in [5, 5.41) is 0. The normalized spacial score (nSPS) is 10.5. The summed E-state index contributed by atoms with van der Waals surface area (Å²) in [4.78, 5) is 12.1. The molecule has 0 fully saturated rings. The Balaban J connectivity index is 2.50. The number of ketones is 1. The van der Waals surface area contributed by atoms with E-state index in [0.29, 0.717) is 22.3 Å². The molecule has 2 aromatic rings. The Hall–Kier alpha value is -1.82. The molecule has 0 aliphatic carbocycles. The van der Waals surface area contributed by atoms with Crippen LogP contribution in [-0.4, -0.2) is 5.78 Å². The first-order valence-corrected chi connectivity index (χ1v) is 5.93. The van der Waals surface area contributed by atoms with Gasteiger partial charge in [0, 0.05) is 21.3 Å². The van der Waals surface area contributed by atoms with Gasteiger partial charge in [0.05, 0.1) is 0 Å². The van der Waals surface area contributed by atoms with Gasteiger partial charge in [0.25, 0.3) is 0 Å². The molecule has 2 rings (SSSR count). The molecule has 0 heterocycles. The third-order valence-electron chi connectivity index (χ3n) is 2.48. The maximum absolute atomic E-state index is 13.1. The molecule has 6 heteroatoms. The van der Waals surface area contributed by atoms with Gasteiger partial charge in [0.1, 0.15) is 0 Å². The van der Waals surface area contributed by atoms with Crippen molar-refractivity contribution in [2.75, 3.05) is 5.73 Å². The van der Waals surface area contributed by atoms with Crippen LogP contribution in [0, 0.1) is 17.5 Å². The van der Waals surface area contributed by atoms with Crippen molar-refractivity contribution in [2.24, 2.45) is 0 Å². The van der Waals surface area contributed by atoms with Crippen molar-refractivity contribution in [3.63, 3.8) is 0 Å². The summed E-state index contributed by atoms with van der Waals surface area (Å²) in [7, 11) is 0. The lowest BCUT2D eigenvalue weighted by atomic mass is 10.0. The van der Waals surface area contributed by atoms with Crippen molar-refractivity contribution < 1.29 is 18.0 Å². The summed E-state index contributed by atoms with van der Waals surface area (Å²) >= 11 is 3.13. The number of carbonyl (C=O) groups excluding carboxylic acids is 1. The van der Waals surface area contributed by atoms with Crippen LogP contribution in [0.25, 0.3) is 0 Å². The zero-order valence-corrected chi connectivity index (χ0v) is 11.0. The molecule has 0 spiro atoms. The molecule has 0 saturated carbocycles. The highest BCUT2D eigenvalue weighted by Gasteiger charge is 2.18. The van der Waals surface area contributed by atoms with Crippen LogP contribution in [0.2, 0.25) is 0 Å². The van der Waals surface area contributed by atoms with Crippen LogP contribution >= 0.6 is 15.9 Å². The van der Waals surface area contributed by atoms with Gasteiger partial charge < -0.3 is 5.73 Å². The summed E-state index contributed by atoms with van der Waals surface area (Å²) in [6, 6.07) is 5.70. The Morgan fingerprint density at radius 3 is 2.16 bits per heavy atom. The summed E-state index contributed by atoms with van der Waals surface area (Å²) in [6.45, 7) is 0. The number of hydrogen-bond acceptors (Lipinski definition) is 2. The molecule has 0 atom stereocenters. The largest absolute Gasteiger partial charge is 0.399 e. The van der Waals surface area contributed by atoms with Crippen LogP contribution in [0.4, 0.5) is 18.9 Å². The molecule has 2 N–H and O–H groups in total. The van der Waals surface area contributed by atoms with Gasteiger partial charge in [-0.2, -0.15) is 0 Å². The molecule has 2 aromatic carbocycles. The van der Waals surface area contributed by atoms with E-state index in [1.54, 1.807) is 0 Å². The van der Waals surface area contributed by atoms with Gasteiger partial charge in [-0.25, -0.2) is 13.2 Å². The van der Waals surface area contributed by atoms with E-state index in [1.807, 2.05) is 0 Å². The van der Waals surface area contributed by atoms with Crippen LogP contribution in [0.5, 0.6) is 0 Å². The van der Waals surface area contributed by atoms with Crippen LogP contribution in [-0.2, 0) is 0 Å². The predicted molar refractivity (Wildman–Crippen MR) is 68.3 cm³/mol. The number of nitrogens with two attached hydrogens (primary N) is 1. The van der Waals surface area contributed by atoms with E-state index < -0.39 is 23.2 Å². The number of rotatable bonds is 2. The molecule has 98 valence electrons. The third kappa shape index (κ3) is 2.63. The van der Waals surface area contributed by atoms with E-state index in [4.69, 9.17) is 5.73 Å². The highest BCUT2D eigenvalue weighted by Crippen LogP contribution is 2.24. The minimum Gasteiger partial charge on any atom is -0.399 e. The topological polar surface area (TPSA) is 43.1 Å². The van der Waals surface area contributed by atoms with Gasteiger partial charge in [-0.15, -0.1) is 0 Å². The number of carbonyl (C=O) groups is 1. The van der Waals surface area contributed by atoms with Crippen molar-refractivity contribution >= 4 is 27.4 Å². The van der Waals surface area contributed by atoms with Crippen LogP contribution < -0.4 is 5.73 Å². The molecule has 2 nitrogen and oxygen atoms in total. The molecule has 0 aliphatic rings. The third-order valence-corrected chi connectivity index (χ3v) is 3.14. The molecule has 19 heavy (non-hydrogen) atoms. The monoisotopic (exact) mass is 329 g/mol. The molecular formula is C13H7BrF3NO. The van der Waals surface area contributed by atoms with Crippen molar-refractivity contribution in [1.82, 2.24) is 0 Å². The Kier molecular flexibility index (Phi) is 3.61. The fourth-order valence-electron chi connectivity index (χ4n) is 1.56. The van der Waals surface area contributed by atoms with E-state index in [1.165, 1.54) is 18.2 Å². The van der Waals surface area contributed by atoms with Gasteiger partial charge in [-0.05, 0) is 46.3 Å². The van der Waals surface area contributed by atoms with Crippen molar-refractivity contribution in [3.8, 4) is 0 Å². The smallest absolute Gasteiger partial charge is 0.194 e. The Morgan fingerprint density at radius 2 is 1.63 bits per heavy atom. The fourth-order valence-corrected chi connectivity index (χ4v) is 2.13. The lowest BCUT2D eigenvalue weighted by Gasteiger charge is -2.06. The number of anilines is 1. The first-order chi connectivity index (χ1) is 8.90. The van der Waals surface area contributed by atoms with Crippen molar-refractivity contribution in [2.45, 2.75) is 0 Å². The molecule has 0 aromatic heterocycles. The Morgan fingerprint density at radius 1 is 1.05 bits per heavy atom. The first-order valence-electron chi connectivity index (χ1n) is 5.14. The Bertz CT molecular complexity index is 650. The number of halogens is 4. The lowest BCUT2D eigenvalue weighted by molar-refractivity contribution is 0.103. The molecule has 0 bridgehead atoms. The van der Waals surface area contributed by atoms with Gasteiger partial charge >= 0.3 is 0 Å².